The highest BCUT2D eigenvalue weighted by molar-refractivity contribution is 5.60. The number of ether oxygens (including phenoxy) is 3. The van der Waals surface area contributed by atoms with E-state index in [1.54, 1.807) is 13.3 Å². The number of anilines is 3. The molecule has 0 fully saturated rings. The Balaban J connectivity index is 1.68. The van der Waals surface area contributed by atoms with Crippen molar-refractivity contribution in [3.8, 4) is 11.5 Å². The minimum atomic E-state index is 0.402. The van der Waals surface area contributed by atoms with Crippen molar-refractivity contribution < 1.29 is 14.2 Å². The largest absolute Gasteiger partial charge is 0.486 e. The van der Waals surface area contributed by atoms with Gasteiger partial charge in [0, 0.05) is 25.4 Å². The van der Waals surface area contributed by atoms with Crippen LogP contribution in [-0.4, -0.2) is 48.7 Å². The number of nitrogens with one attached hydrogen (secondary N) is 2. The molecule has 8 heteroatoms. The first-order valence-corrected chi connectivity index (χ1v) is 6.94. The highest BCUT2D eigenvalue weighted by Gasteiger charge is 2.12. The summed E-state index contributed by atoms with van der Waals surface area (Å²) in [4.78, 5) is 4.33. The Hall–Kier alpha value is -2.61. The van der Waals surface area contributed by atoms with Gasteiger partial charge in [0.25, 0.3) is 0 Å². The summed E-state index contributed by atoms with van der Waals surface area (Å²) in [5.74, 6) is 2.48. The van der Waals surface area contributed by atoms with Crippen LogP contribution < -0.4 is 20.1 Å². The molecule has 2 heterocycles. The molecule has 0 aliphatic carbocycles. The molecule has 8 nitrogen and oxygen atoms in total. The Labute approximate surface area is 127 Å². The SMILES string of the molecule is COCCNc1cnnc(Nc2ccc3c(c2)OCCO3)n1. The van der Waals surface area contributed by atoms with Gasteiger partial charge in [-0.15, -0.1) is 5.10 Å². The minimum absolute atomic E-state index is 0.402. The smallest absolute Gasteiger partial charge is 0.249 e. The number of benzene rings is 1. The van der Waals surface area contributed by atoms with E-state index in [0.717, 1.165) is 11.4 Å². The fraction of sp³-hybridized carbons (Fsp3) is 0.357. The average Bonchev–Trinajstić information content (AvgIpc) is 2.55. The van der Waals surface area contributed by atoms with Gasteiger partial charge in [0.2, 0.25) is 5.95 Å². The van der Waals surface area contributed by atoms with Crippen molar-refractivity contribution in [2.45, 2.75) is 0 Å². The maximum atomic E-state index is 5.54. The molecule has 3 rings (SSSR count). The zero-order chi connectivity index (χ0) is 15.2. The van der Waals surface area contributed by atoms with Gasteiger partial charge in [-0.05, 0) is 12.1 Å². The number of hydrogen-bond acceptors (Lipinski definition) is 8. The molecule has 1 aliphatic rings. The molecule has 0 spiro atoms. The van der Waals surface area contributed by atoms with Crippen molar-refractivity contribution in [1.29, 1.82) is 0 Å². The van der Waals surface area contributed by atoms with Crippen LogP contribution in [-0.2, 0) is 4.74 Å². The highest BCUT2D eigenvalue weighted by atomic mass is 16.6. The van der Waals surface area contributed by atoms with E-state index >= 15 is 0 Å². The predicted octanol–water partition coefficient (Wildman–Crippen LogP) is 1.44. The van der Waals surface area contributed by atoms with E-state index < -0.39 is 0 Å². The summed E-state index contributed by atoms with van der Waals surface area (Å²) < 4.78 is 16.0. The molecular weight excluding hydrogens is 286 g/mol. The lowest BCUT2D eigenvalue weighted by Crippen LogP contribution is -2.15. The highest BCUT2D eigenvalue weighted by Crippen LogP contribution is 2.33. The van der Waals surface area contributed by atoms with Crippen molar-refractivity contribution in [2.24, 2.45) is 0 Å². The minimum Gasteiger partial charge on any atom is -0.486 e. The van der Waals surface area contributed by atoms with Gasteiger partial charge in [-0.25, -0.2) is 0 Å². The van der Waals surface area contributed by atoms with Crippen LogP contribution in [0.15, 0.2) is 24.4 Å². The van der Waals surface area contributed by atoms with Gasteiger partial charge >= 0.3 is 0 Å². The second kappa shape index (κ2) is 6.90. The molecule has 0 atom stereocenters. The number of fused-ring (bicyclic) bond motifs is 1. The lowest BCUT2D eigenvalue weighted by molar-refractivity contribution is 0.171. The summed E-state index contributed by atoms with van der Waals surface area (Å²) >= 11 is 0. The van der Waals surface area contributed by atoms with E-state index in [2.05, 4.69) is 25.8 Å². The van der Waals surface area contributed by atoms with Crippen LogP contribution in [0.4, 0.5) is 17.5 Å². The number of rotatable bonds is 6. The second-order valence-electron chi connectivity index (χ2n) is 4.57. The van der Waals surface area contributed by atoms with Crippen LogP contribution in [0.3, 0.4) is 0 Å². The van der Waals surface area contributed by atoms with Gasteiger partial charge in [-0.2, -0.15) is 10.1 Å². The molecule has 116 valence electrons. The molecule has 0 saturated heterocycles. The Morgan fingerprint density at radius 1 is 1.23 bits per heavy atom. The Kier molecular flexibility index (Phi) is 4.50. The summed E-state index contributed by atoms with van der Waals surface area (Å²) in [5.41, 5.74) is 0.806. The topological polar surface area (TPSA) is 90.4 Å². The molecule has 0 radical (unpaired) electrons. The molecule has 2 N–H and O–H groups in total. The Bertz CT molecular complexity index is 638. The molecular formula is C14H17N5O3. The zero-order valence-electron chi connectivity index (χ0n) is 12.2. The van der Waals surface area contributed by atoms with Gasteiger partial charge in [0.1, 0.15) is 13.2 Å². The fourth-order valence-electron chi connectivity index (χ4n) is 1.97. The van der Waals surface area contributed by atoms with E-state index in [0.29, 0.717) is 43.9 Å². The number of hydrogen-bond donors (Lipinski definition) is 2. The number of methoxy groups -OCH3 is 1. The summed E-state index contributed by atoms with van der Waals surface area (Å²) in [7, 11) is 1.65. The Morgan fingerprint density at radius 2 is 2.09 bits per heavy atom. The standard InChI is InChI=1S/C14H17N5O3/c1-20-5-4-15-13-9-16-19-14(18-13)17-10-2-3-11-12(8-10)22-7-6-21-11/h2-3,8-9H,4-7H2,1H3,(H2,15,17,18,19). The van der Waals surface area contributed by atoms with Crippen molar-refractivity contribution >= 4 is 17.5 Å². The predicted molar refractivity (Wildman–Crippen MR) is 80.9 cm³/mol. The first kappa shape index (κ1) is 14.3. The molecule has 1 aromatic carbocycles. The lowest BCUT2D eigenvalue weighted by Gasteiger charge is -2.18. The summed E-state index contributed by atoms with van der Waals surface area (Å²) in [6.07, 6.45) is 1.56. The second-order valence-corrected chi connectivity index (χ2v) is 4.57. The quantitative estimate of drug-likeness (QED) is 0.775. The van der Waals surface area contributed by atoms with Crippen LogP contribution >= 0.6 is 0 Å². The fourth-order valence-corrected chi connectivity index (χ4v) is 1.97. The van der Waals surface area contributed by atoms with Crippen LogP contribution in [0.1, 0.15) is 0 Å². The molecule has 22 heavy (non-hydrogen) atoms. The van der Waals surface area contributed by atoms with Crippen LogP contribution in [0.2, 0.25) is 0 Å². The van der Waals surface area contributed by atoms with Gasteiger partial charge in [0.05, 0.1) is 12.8 Å². The number of aromatic nitrogens is 3. The van der Waals surface area contributed by atoms with Gasteiger partial charge in [-0.1, -0.05) is 0 Å². The normalized spacial score (nSPS) is 12.8. The van der Waals surface area contributed by atoms with Gasteiger partial charge < -0.3 is 24.8 Å². The van der Waals surface area contributed by atoms with Gasteiger partial charge in [-0.3, -0.25) is 0 Å². The van der Waals surface area contributed by atoms with Crippen LogP contribution in [0.25, 0.3) is 0 Å². The first-order chi connectivity index (χ1) is 10.8. The van der Waals surface area contributed by atoms with Crippen molar-refractivity contribution in [2.75, 3.05) is 44.1 Å². The number of nitrogens with zero attached hydrogens (tertiary/aromatic N) is 3. The summed E-state index contributed by atoms with van der Waals surface area (Å²) in [5, 5.41) is 14.1. The van der Waals surface area contributed by atoms with E-state index in [9.17, 15) is 0 Å². The maximum Gasteiger partial charge on any atom is 0.249 e. The third kappa shape index (κ3) is 3.53. The molecule has 1 aromatic heterocycles. The van der Waals surface area contributed by atoms with E-state index in [4.69, 9.17) is 14.2 Å². The van der Waals surface area contributed by atoms with Gasteiger partial charge in [0.15, 0.2) is 17.3 Å². The van der Waals surface area contributed by atoms with Crippen molar-refractivity contribution in [3.05, 3.63) is 24.4 Å². The monoisotopic (exact) mass is 303 g/mol. The summed E-state index contributed by atoms with van der Waals surface area (Å²) in [6.45, 7) is 2.36. The van der Waals surface area contributed by atoms with Crippen LogP contribution in [0, 0.1) is 0 Å². The third-order valence-corrected chi connectivity index (χ3v) is 2.97. The average molecular weight is 303 g/mol. The molecule has 0 bridgehead atoms. The lowest BCUT2D eigenvalue weighted by atomic mass is 10.2. The molecule has 0 saturated carbocycles. The zero-order valence-corrected chi connectivity index (χ0v) is 12.2. The van der Waals surface area contributed by atoms with Crippen molar-refractivity contribution in [1.82, 2.24) is 15.2 Å². The first-order valence-electron chi connectivity index (χ1n) is 6.94. The Morgan fingerprint density at radius 3 is 2.95 bits per heavy atom. The van der Waals surface area contributed by atoms with E-state index in [1.165, 1.54) is 0 Å². The molecule has 1 aliphatic heterocycles. The van der Waals surface area contributed by atoms with Crippen LogP contribution in [0.5, 0.6) is 11.5 Å². The van der Waals surface area contributed by atoms with E-state index in [-0.39, 0.29) is 0 Å². The molecule has 0 unspecified atom stereocenters. The van der Waals surface area contributed by atoms with Crippen molar-refractivity contribution in [3.63, 3.8) is 0 Å². The maximum absolute atomic E-state index is 5.54. The summed E-state index contributed by atoms with van der Waals surface area (Å²) in [6, 6.07) is 5.58. The molecule has 2 aromatic rings. The van der Waals surface area contributed by atoms with E-state index in [1.807, 2.05) is 18.2 Å². The third-order valence-electron chi connectivity index (χ3n) is 2.97. The molecule has 0 amide bonds.